The van der Waals surface area contributed by atoms with Crippen LogP contribution in [0.2, 0.25) is 0 Å². The lowest BCUT2D eigenvalue weighted by molar-refractivity contribution is 0.0721. The Hall–Kier alpha value is -1.55. The highest BCUT2D eigenvalue weighted by molar-refractivity contribution is 5.96. The highest BCUT2D eigenvalue weighted by Crippen LogP contribution is 2.28. The average Bonchev–Trinajstić information content (AvgIpc) is 2.47. The molecule has 1 saturated heterocycles. The average molecular weight is 260 g/mol. The van der Waals surface area contributed by atoms with Crippen molar-refractivity contribution in [2.24, 2.45) is 5.73 Å². The highest BCUT2D eigenvalue weighted by Gasteiger charge is 2.25. The van der Waals surface area contributed by atoms with Crippen LogP contribution >= 0.6 is 0 Å². The second kappa shape index (κ2) is 5.21. The lowest BCUT2D eigenvalue weighted by Crippen LogP contribution is -2.38. The molecule has 0 aliphatic carbocycles. The van der Waals surface area contributed by atoms with Gasteiger partial charge in [0.15, 0.2) is 0 Å². The van der Waals surface area contributed by atoms with E-state index in [1.165, 1.54) is 6.42 Å². The lowest BCUT2D eigenvalue weighted by atomic mass is 9.96. The van der Waals surface area contributed by atoms with Crippen molar-refractivity contribution in [3.63, 3.8) is 0 Å². The number of fused-ring (bicyclic) bond motifs is 1. The second-order valence-corrected chi connectivity index (χ2v) is 5.41. The maximum absolute atomic E-state index is 12.6. The Kier molecular flexibility index (Phi) is 3.42. The van der Waals surface area contributed by atoms with E-state index >= 15 is 0 Å². The van der Waals surface area contributed by atoms with E-state index in [-0.39, 0.29) is 11.9 Å². The van der Waals surface area contributed by atoms with Gasteiger partial charge in [-0.3, -0.25) is 4.79 Å². The molecule has 0 bridgehead atoms. The van der Waals surface area contributed by atoms with E-state index in [2.05, 4.69) is 0 Å². The summed E-state index contributed by atoms with van der Waals surface area (Å²) in [6.07, 6.45) is 4.17. The van der Waals surface area contributed by atoms with Crippen LogP contribution in [0.1, 0.15) is 35.2 Å². The van der Waals surface area contributed by atoms with Gasteiger partial charge in [-0.1, -0.05) is 6.07 Å². The van der Waals surface area contributed by atoms with Gasteiger partial charge in [-0.25, -0.2) is 0 Å². The summed E-state index contributed by atoms with van der Waals surface area (Å²) in [4.78, 5) is 14.6. The van der Waals surface area contributed by atoms with E-state index in [4.69, 9.17) is 10.5 Å². The number of benzene rings is 1. The van der Waals surface area contributed by atoms with Gasteiger partial charge in [0, 0.05) is 30.3 Å². The number of likely N-dealkylation sites (tertiary alicyclic amines) is 1. The van der Waals surface area contributed by atoms with Crippen LogP contribution in [0.25, 0.3) is 0 Å². The molecule has 2 aliphatic rings. The summed E-state index contributed by atoms with van der Waals surface area (Å²) in [7, 11) is 0. The van der Waals surface area contributed by atoms with Gasteiger partial charge < -0.3 is 15.4 Å². The minimum atomic E-state index is -0.0113. The van der Waals surface area contributed by atoms with E-state index in [1.807, 2.05) is 23.1 Å². The number of carbonyl (C=O) groups is 1. The van der Waals surface area contributed by atoms with Crippen LogP contribution in [0.4, 0.5) is 0 Å². The molecule has 2 N–H and O–H groups in total. The fourth-order valence-corrected chi connectivity index (χ4v) is 2.90. The van der Waals surface area contributed by atoms with Crippen LogP contribution in [0.3, 0.4) is 0 Å². The first-order valence-electron chi connectivity index (χ1n) is 7.05. The summed E-state index contributed by atoms with van der Waals surface area (Å²) in [6, 6.07) is 5.71. The van der Waals surface area contributed by atoms with Gasteiger partial charge in [-0.15, -0.1) is 0 Å². The van der Waals surface area contributed by atoms with Crippen molar-refractivity contribution in [2.75, 3.05) is 19.7 Å². The summed E-state index contributed by atoms with van der Waals surface area (Å²) in [5, 5.41) is 0. The Morgan fingerprint density at radius 2 is 2.05 bits per heavy atom. The molecule has 1 atom stereocenters. The first-order valence-corrected chi connectivity index (χ1v) is 7.05. The van der Waals surface area contributed by atoms with Crippen LogP contribution in [0, 0.1) is 0 Å². The number of rotatable bonds is 1. The predicted octanol–water partition coefficient (Wildman–Crippen LogP) is 1.57. The van der Waals surface area contributed by atoms with Crippen LogP contribution in [0.5, 0.6) is 5.75 Å². The summed E-state index contributed by atoms with van der Waals surface area (Å²) >= 11 is 0. The third-order valence-corrected chi connectivity index (χ3v) is 3.93. The summed E-state index contributed by atoms with van der Waals surface area (Å²) in [5.74, 6) is 0.957. The molecule has 19 heavy (non-hydrogen) atoms. The van der Waals surface area contributed by atoms with Gasteiger partial charge in [0.25, 0.3) is 5.91 Å². The minimum Gasteiger partial charge on any atom is -0.492 e. The number of amides is 1. The van der Waals surface area contributed by atoms with Crippen molar-refractivity contribution >= 4 is 5.91 Å². The monoisotopic (exact) mass is 260 g/mol. The Balaban J connectivity index is 1.89. The highest BCUT2D eigenvalue weighted by atomic mass is 16.5. The van der Waals surface area contributed by atoms with Gasteiger partial charge in [0.05, 0.1) is 0 Å². The zero-order valence-electron chi connectivity index (χ0n) is 11.1. The molecule has 1 fully saturated rings. The number of piperidine rings is 1. The van der Waals surface area contributed by atoms with Crippen molar-refractivity contribution in [3.05, 3.63) is 29.3 Å². The normalized spacial score (nSPS) is 22.6. The zero-order chi connectivity index (χ0) is 13.2. The van der Waals surface area contributed by atoms with Crippen molar-refractivity contribution in [2.45, 2.75) is 31.7 Å². The molecule has 0 spiro atoms. The maximum Gasteiger partial charge on any atom is 0.254 e. The molecule has 0 aromatic heterocycles. The number of ether oxygens (including phenoxy) is 1. The lowest BCUT2D eigenvalue weighted by Gasteiger charge is -2.29. The van der Waals surface area contributed by atoms with Crippen LogP contribution in [0.15, 0.2) is 18.2 Å². The van der Waals surface area contributed by atoms with Gasteiger partial charge in [0.1, 0.15) is 12.4 Å². The summed E-state index contributed by atoms with van der Waals surface area (Å²) in [5.41, 5.74) is 7.70. The van der Waals surface area contributed by atoms with E-state index < -0.39 is 0 Å². The first kappa shape index (κ1) is 12.5. The second-order valence-electron chi connectivity index (χ2n) is 5.41. The molecule has 4 heteroatoms. The molecule has 4 nitrogen and oxygen atoms in total. The fourth-order valence-electron chi connectivity index (χ4n) is 2.90. The topological polar surface area (TPSA) is 55.6 Å². The molecule has 0 saturated carbocycles. The van der Waals surface area contributed by atoms with E-state index in [9.17, 15) is 4.79 Å². The van der Waals surface area contributed by atoms with Gasteiger partial charge in [-0.05, 0) is 37.8 Å². The molecule has 1 aromatic rings. The third kappa shape index (κ3) is 2.45. The molecule has 102 valence electrons. The van der Waals surface area contributed by atoms with E-state index in [0.717, 1.165) is 49.2 Å². The molecular formula is C15H20N2O2. The van der Waals surface area contributed by atoms with Crippen LogP contribution in [-0.2, 0) is 6.42 Å². The number of carbonyl (C=O) groups excluding carboxylic acids is 1. The minimum absolute atomic E-state index is 0.0113. The Morgan fingerprint density at radius 3 is 2.84 bits per heavy atom. The van der Waals surface area contributed by atoms with Crippen molar-refractivity contribution < 1.29 is 9.53 Å². The van der Waals surface area contributed by atoms with Crippen molar-refractivity contribution in [1.29, 1.82) is 0 Å². The molecule has 1 aromatic carbocycles. The van der Waals surface area contributed by atoms with Gasteiger partial charge >= 0.3 is 0 Å². The Bertz CT molecular complexity index is 481. The number of hydrogen-bond donors (Lipinski definition) is 1. The van der Waals surface area contributed by atoms with Crippen molar-refractivity contribution in [1.82, 2.24) is 4.90 Å². The number of nitrogens with two attached hydrogens (primary N) is 1. The third-order valence-electron chi connectivity index (χ3n) is 3.93. The number of nitrogens with zero attached hydrogens (tertiary/aromatic N) is 1. The zero-order valence-corrected chi connectivity index (χ0v) is 11.1. The van der Waals surface area contributed by atoms with Crippen LogP contribution < -0.4 is 10.5 Å². The quantitative estimate of drug-likeness (QED) is 0.834. The molecule has 3 rings (SSSR count). The summed E-state index contributed by atoms with van der Waals surface area (Å²) < 4.78 is 5.62. The Labute approximate surface area is 113 Å². The standard InChI is InChI=1S/C15H20N2O2/c16-11-9-13-12(5-4-6-14(13)19-10-11)15(18)17-7-2-1-3-8-17/h4-6,11H,1-3,7-10,16H2/t11-/m0/s1. The Morgan fingerprint density at radius 1 is 1.26 bits per heavy atom. The van der Waals surface area contributed by atoms with Gasteiger partial charge in [-0.2, -0.15) is 0 Å². The number of hydrogen-bond acceptors (Lipinski definition) is 3. The van der Waals surface area contributed by atoms with Crippen molar-refractivity contribution in [3.8, 4) is 5.75 Å². The van der Waals surface area contributed by atoms with Crippen LogP contribution in [-0.4, -0.2) is 36.5 Å². The molecule has 1 amide bonds. The predicted molar refractivity (Wildman–Crippen MR) is 73.4 cm³/mol. The summed E-state index contributed by atoms with van der Waals surface area (Å²) in [6.45, 7) is 2.28. The molecule has 0 unspecified atom stereocenters. The van der Waals surface area contributed by atoms with E-state index in [0.29, 0.717) is 6.61 Å². The largest absolute Gasteiger partial charge is 0.492 e. The molecule has 0 radical (unpaired) electrons. The fraction of sp³-hybridized carbons (Fsp3) is 0.533. The first-order chi connectivity index (χ1) is 9.25. The maximum atomic E-state index is 12.6. The smallest absolute Gasteiger partial charge is 0.254 e. The SMILES string of the molecule is N[C@@H]1COc2cccc(C(=O)N3CCCCC3)c2C1. The molecule has 2 heterocycles. The molecular weight excluding hydrogens is 240 g/mol. The van der Waals surface area contributed by atoms with Gasteiger partial charge in [0.2, 0.25) is 0 Å². The van der Waals surface area contributed by atoms with E-state index in [1.54, 1.807) is 0 Å². The molecule has 2 aliphatic heterocycles.